The summed E-state index contributed by atoms with van der Waals surface area (Å²) in [6.45, 7) is 4.94. The molecule has 2 aromatic carbocycles. The van der Waals surface area contributed by atoms with E-state index in [9.17, 15) is 19.2 Å². The van der Waals surface area contributed by atoms with E-state index in [1.54, 1.807) is 24.3 Å². The number of esters is 2. The Hall–Kier alpha value is -3.54. The minimum absolute atomic E-state index is 0.0304. The lowest BCUT2D eigenvalue weighted by Crippen LogP contribution is -2.47. The van der Waals surface area contributed by atoms with Gasteiger partial charge in [0.2, 0.25) is 0 Å². The molecule has 0 aromatic heterocycles. The topological polar surface area (TPSA) is 86.7 Å². The number of allylic oxidation sites excluding steroid dienone is 1. The summed E-state index contributed by atoms with van der Waals surface area (Å²) in [5, 5.41) is 0. The lowest BCUT2D eigenvalue weighted by molar-refractivity contribution is -0.169. The molecule has 2 atom stereocenters. The average Bonchev–Trinajstić information content (AvgIpc) is 3.15. The maximum atomic E-state index is 13.2. The van der Waals surface area contributed by atoms with E-state index in [0.717, 1.165) is 11.1 Å². The SMILES string of the molecule is C=CC[C@]1(C(C)=O)C(=O)CCC1C(C(=O)OCc1ccccc1)C(=O)OCc1ccccc1. The van der Waals surface area contributed by atoms with Crippen molar-refractivity contribution in [2.24, 2.45) is 17.3 Å². The fourth-order valence-corrected chi connectivity index (χ4v) is 4.57. The summed E-state index contributed by atoms with van der Waals surface area (Å²) in [5.41, 5.74) is 0.0339. The highest BCUT2D eigenvalue weighted by Crippen LogP contribution is 2.49. The zero-order valence-electron chi connectivity index (χ0n) is 18.7. The average molecular weight is 449 g/mol. The third-order valence-corrected chi connectivity index (χ3v) is 6.27. The first-order chi connectivity index (χ1) is 15.9. The van der Waals surface area contributed by atoms with Gasteiger partial charge in [-0.2, -0.15) is 0 Å². The molecule has 0 N–H and O–H groups in total. The van der Waals surface area contributed by atoms with E-state index in [4.69, 9.17) is 9.47 Å². The Kier molecular flexibility index (Phi) is 7.93. The molecule has 0 aliphatic heterocycles. The van der Waals surface area contributed by atoms with Gasteiger partial charge >= 0.3 is 11.9 Å². The molecule has 33 heavy (non-hydrogen) atoms. The van der Waals surface area contributed by atoms with Crippen LogP contribution in [0.25, 0.3) is 0 Å². The monoisotopic (exact) mass is 448 g/mol. The molecule has 1 saturated carbocycles. The van der Waals surface area contributed by atoms with Crippen LogP contribution in [0.5, 0.6) is 0 Å². The molecule has 0 heterocycles. The van der Waals surface area contributed by atoms with Crippen molar-refractivity contribution in [2.45, 2.75) is 39.4 Å². The van der Waals surface area contributed by atoms with E-state index in [-0.39, 0.29) is 44.0 Å². The van der Waals surface area contributed by atoms with Crippen LogP contribution in [0, 0.1) is 17.3 Å². The number of Topliss-reactive ketones (excluding diaryl/α,β-unsaturated/α-hetero) is 2. The molecule has 1 aliphatic carbocycles. The molecule has 1 fully saturated rings. The quantitative estimate of drug-likeness (QED) is 0.307. The van der Waals surface area contributed by atoms with Gasteiger partial charge in [-0.15, -0.1) is 6.58 Å². The summed E-state index contributed by atoms with van der Waals surface area (Å²) in [4.78, 5) is 52.0. The zero-order chi connectivity index (χ0) is 23.8. The standard InChI is InChI=1S/C27H28O6/c1-3-16-27(19(2)28)22(14-15-23(27)29)24(25(30)32-17-20-10-6-4-7-11-20)26(31)33-18-21-12-8-5-9-13-21/h3-13,22,24H,1,14-18H2,2H3/t22?,27-/m1/s1. The summed E-state index contributed by atoms with van der Waals surface area (Å²) in [5.74, 6) is -4.51. The van der Waals surface area contributed by atoms with Gasteiger partial charge in [-0.25, -0.2) is 0 Å². The number of carbonyl (C=O) groups excluding carboxylic acids is 4. The van der Waals surface area contributed by atoms with Crippen molar-refractivity contribution in [3.8, 4) is 0 Å². The van der Waals surface area contributed by atoms with Gasteiger partial charge in [0, 0.05) is 12.3 Å². The van der Waals surface area contributed by atoms with Crippen LogP contribution in [0.15, 0.2) is 73.3 Å². The zero-order valence-corrected chi connectivity index (χ0v) is 18.7. The fourth-order valence-electron chi connectivity index (χ4n) is 4.57. The van der Waals surface area contributed by atoms with E-state index >= 15 is 0 Å². The highest BCUT2D eigenvalue weighted by atomic mass is 16.6. The summed E-state index contributed by atoms with van der Waals surface area (Å²) >= 11 is 0. The highest BCUT2D eigenvalue weighted by molar-refractivity contribution is 6.10. The van der Waals surface area contributed by atoms with E-state index in [0.29, 0.717) is 0 Å². The molecular formula is C27H28O6. The second-order valence-electron chi connectivity index (χ2n) is 8.25. The van der Waals surface area contributed by atoms with Crippen LogP contribution < -0.4 is 0 Å². The maximum Gasteiger partial charge on any atom is 0.320 e. The van der Waals surface area contributed by atoms with Crippen molar-refractivity contribution in [3.05, 3.63) is 84.4 Å². The van der Waals surface area contributed by atoms with Crippen molar-refractivity contribution >= 4 is 23.5 Å². The van der Waals surface area contributed by atoms with Crippen LogP contribution in [-0.4, -0.2) is 23.5 Å². The minimum Gasteiger partial charge on any atom is -0.460 e. The minimum atomic E-state index is -1.48. The van der Waals surface area contributed by atoms with Crippen molar-refractivity contribution < 1.29 is 28.7 Å². The van der Waals surface area contributed by atoms with E-state index in [2.05, 4.69) is 6.58 Å². The number of ketones is 2. The molecule has 0 bridgehead atoms. The van der Waals surface area contributed by atoms with Gasteiger partial charge < -0.3 is 9.47 Å². The van der Waals surface area contributed by atoms with Gasteiger partial charge in [0.15, 0.2) is 5.92 Å². The van der Waals surface area contributed by atoms with Crippen LogP contribution in [-0.2, 0) is 41.9 Å². The Labute approximate surface area is 193 Å². The molecule has 0 radical (unpaired) electrons. The van der Waals surface area contributed by atoms with Crippen LogP contribution >= 0.6 is 0 Å². The normalized spacial score (nSPS) is 19.8. The summed E-state index contributed by atoms with van der Waals surface area (Å²) in [6, 6.07) is 18.1. The van der Waals surface area contributed by atoms with Gasteiger partial charge in [-0.05, 0) is 30.9 Å². The lowest BCUT2D eigenvalue weighted by Gasteiger charge is -2.34. The Morgan fingerprint density at radius 2 is 1.45 bits per heavy atom. The first kappa shape index (κ1) is 24.1. The molecule has 1 aliphatic rings. The van der Waals surface area contributed by atoms with Gasteiger partial charge in [0.25, 0.3) is 0 Å². The van der Waals surface area contributed by atoms with Gasteiger partial charge in [0.05, 0.1) is 5.41 Å². The third-order valence-electron chi connectivity index (χ3n) is 6.27. The van der Waals surface area contributed by atoms with Gasteiger partial charge in [-0.3, -0.25) is 19.2 Å². The fraction of sp³-hybridized carbons (Fsp3) is 0.333. The summed E-state index contributed by atoms with van der Waals surface area (Å²) < 4.78 is 10.9. The third kappa shape index (κ3) is 5.28. The van der Waals surface area contributed by atoms with Crippen molar-refractivity contribution in [2.75, 3.05) is 0 Å². The van der Waals surface area contributed by atoms with Crippen LogP contribution in [0.2, 0.25) is 0 Å². The number of carbonyl (C=O) groups is 4. The molecule has 172 valence electrons. The molecule has 0 spiro atoms. The van der Waals surface area contributed by atoms with E-state index in [1.165, 1.54) is 13.0 Å². The Balaban J connectivity index is 1.88. The molecule has 6 nitrogen and oxygen atoms in total. The molecule has 6 heteroatoms. The van der Waals surface area contributed by atoms with Crippen molar-refractivity contribution in [1.29, 1.82) is 0 Å². The van der Waals surface area contributed by atoms with E-state index in [1.807, 2.05) is 36.4 Å². The molecule has 0 amide bonds. The second kappa shape index (κ2) is 10.9. The van der Waals surface area contributed by atoms with Crippen molar-refractivity contribution in [1.82, 2.24) is 0 Å². The maximum absolute atomic E-state index is 13.2. The molecular weight excluding hydrogens is 420 g/mol. The molecule has 1 unspecified atom stereocenters. The van der Waals surface area contributed by atoms with Gasteiger partial charge in [0.1, 0.15) is 24.8 Å². The first-order valence-electron chi connectivity index (χ1n) is 11.0. The first-order valence-corrected chi connectivity index (χ1v) is 11.0. The second-order valence-corrected chi connectivity index (χ2v) is 8.25. The smallest absolute Gasteiger partial charge is 0.320 e. The van der Waals surface area contributed by atoms with Crippen LogP contribution in [0.1, 0.15) is 37.3 Å². The van der Waals surface area contributed by atoms with Crippen LogP contribution in [0.3, 0.4) is 0 Å². The largest absolute Gasteiger partial charge is 0.460 e. The highest BCUT2D eigenvalue weighted by Gasteiger charge is 2.59. The Morgan fingerprint density at radius 3 is 1.88 bits per heavy atom. The predicted molar refractivity (Wildman–Crippen MR) is 122 cm³/mol. The van der Waals surface area contributed by atoms with Crippen LogP contribution in [0.4, 0.5) is 0 Å². The predicted octanol–water partition coefficient (Wildman–Crippen LogP) is 4.22. The van der Waals surface area contributed by atoms with Crippen molar-refractivity contribution in [3.63, 3.8) is 0 Å². The summed E-state index contributed by atoms with van der Waals surface area (Å²) in [6.07, 6.45) is 1.86. The Bertz CT molecular complexity index is 958. The number of hydrogen-bond acceptors (Lipinski definition) is 6. The lowest BCUT2D eigenvalue weighted by atomic mass is 9.66. The number of benzene rings is 2. The number of hydrogen-bond donors (Lipinski definition) is 0. The molecule has 0 saturated heterocycles. The van der Waals surface area contributed by atoms with Gasteiger partial charge in [-0.1, -0.05) is 66.7 Å². The summed E-state index contributed by atoms with van der Waals surface area (Å²) in [7, 11) is 0. The molecule has 3 rings (SSSR count). The van der Waals surface area contributed by atoms with E-state index < -0.39 is 29.2 Å². The Morgan fingerprint density at radius 1 is 0.970 bits per heavy atom. The number of ether oxygens (including phenoxy) is 2. The number of rotatable bonds is 10. The molecule has 2 aromatic rings.